The molecule has 2 aromatic rings. The number of aryl methyl sites for hydroxylation is 2. The third-order valence-corrected chi connectivity index (χ3v) is 5.04. The Morgan fingerprint density at radius 3 is 2.94 bits per heavy atom. The molecule has 1 aliphatic heterocycles. The average molecular weight is 279 g/mol. The maximum Gasteiger partial charge on any atom is 0.104 e. The molecule has 3 heterocycles. The van der Waals surface area contributed by atoms with Gasteiger partial charge in [-0.25, -0.2) is 9.97 Å². The van der Waals surface area contributed by atoms with E-state index < -0.39 is 0 Å². The number of thiazole rings is 2. The quantitative estimate of drug-likeness (QED) is 0.937. The standard InChI is InChI=1S/C13H17N3S2/c1-8-13(15-9(2)18-8)11-7-17-12(16-11)6-10-4-3-5-14-10/h7,10,14H,3-6H2,1-2H3. The molecule has 0 spiro atoms. The van der Waals surface area contributed by atoms with Crippen LogP contribution in [0.15, 0.2) is 5.38 Å². The van der Waals surface area contributed by atoms with E-state index in [2.05, 4.69) is 29.5 Å². The average Bonchev–Trinajstić information content (AvgIpc) is 3.01. The molecule has 0 radical (unpaired) electrons. The Morgan fingerprint density at radius 2 is 2.28 bits per heavy atom. The Hall–Kier alpha value is -0.780. The number of aromatic nitrogens is 2. The molecule has 1 aliphatic rings. The first-order valence-electron chi connectivity index (χ1n) is 6.34. The molecule has 96 valence electrons. The fraction of sp³-hybridized carbons (Fsp3) is 0.538. The van der Waals surface area contributed by atoms with E-state index in [-0.39, 0.29) is 0 Å². The predicted molar refractivity (Wildman–Crippen MR) is 77.4 cm³/mol. The van der Waals surface area contributed by atoms with Gasteiger partial charge in [0, 0.05) is 22.7 Å². The number of rotatable bonds is 3. The van der Waals surface area contributed by atoms with Crippen molar-refractivity contribution in [1.82, 2.24) is 15.3 Å². The van der Waals surface area contributed by atoms with Crippen molar-refractivity contribution in [2.45, 2.75) is 39.2 Å². The summed E-state index contributed by atoms with van der Waals surface area (Å²) in [6, 6.07) is 0.627. The zero-order chi connectivity index (χ0) is 12.5. The SMILES string of the molecule is Cc1nc(-c2csc(CC3CCCN3)n2)c(C)s1. The summed E-state index contributed by atoms with van der Waals surface area (Å²) < 4.78 is 0. The number of hydrogen-bond donors (Lipinski definition) is 1. The van der Waals surface area contributed by atoms with Gasteiger partial charge in [-0.15, -0.1) is 22.7 Å². The Labute approximate surface area is 115 Å². The molecule has 1 fully saturated rings. The summed E-state index contributed by atoms with van der Waals surface area (Å²) in [5.41, 5.74) is 2.12. The van der Waals surface area contributed by atoms with Crippen molar-refractivity contribution in [3.63, 3.8) is 0 Å². The fourth-order valence-corrected chi connectivity index (χ4v) is 4.11. The fourth-order valence-electron chi connectivity index (χ4n) is 2.42. The lowest BCUT2D eigenvalue weighted by Gasteiger charge is -2.06. The van der Waals surface area contributed by atoms with E-state index in [1.807, 2.05) is 0 Å². The van der Waals surface area contributed by atoms with Crippen molar-refractivity contribution in [1.29, 1.82) is 0 Å². The van der Waals surface area contributed by atoms with Crippen LogP contribution in [0.25, 0.3) is 11.4 Å². The second-order valence-electron chi connectivity index (χ2n) is 4.76. The molecule has 1 atom stereocenters. The van der Waals surface area contributed by atoms with E-state index in [1.54, 1.807) is 22.7 Å². The first-order valence-corrected chi connectivity index (χ1v) is 8.04. The highest BCUT2D eigenvalue weighted by Crippen LogP contribution is 2.28. The van der Waals surface area contributed by atoms with E-state index in [4.69, 9.17) is 4.98 Å². The molecule has 5 heteroatoms. The number of nitrogens with one attached hydrogen (secondary N) is 1. The van der Waals surface area contributed by atoms with Gasteiger partial charge in [0.05, 0.1) is 10.0 Å². The van der Waals surface area contributed by atoms with Crippen LogP contribution < -0.4 is 5.32 Å². The van der Waals surface area contributed by atoms with Crippen LogP contribution in [0.5, 0.6) is 0 Å². The molecular formula is C13H17N3S2. The molecule has 3 rings (SSSR count). The summed E-state index contributed by atoms with van der Waals surface area (Å²) in [4.78, 5) is 10.6. The molecule has 2 aromatic heterocycles. The first-order chi connectivity index (χ1) is 8.72. The lowest BCUT2D eigenvalue weighted by molar-refractivity contribution is 0.601. The zero-order valence-electron chi connectivity index (χ0n) is 10.7. The lowest BCUT2D eigenvalue weighted by atomic mass is 10.2. The maximum atomic E-state index is 4.74. The minimum atomic E-state index is 0.627. The molecular weight excluding hydrogens is 262 g/mol. The molecule has 1 N–H and O–H groups in total. The first kappa shape index (κ1) is 12.3. The van der Waals surface area contributed by atoms with Crippen LogP contribution in [-0.4, -0.2) is 22.6 Å². The van der Waals surface area contributed by atoms with Crippen molar-refractivity contribution >= 4 is 22.7 Å². The van der Waals surface area contributed by atoms with Crippen LogP contribution in [-0.2, 0) is 6.42 Å². The van der Waals surface area contributed by atoms with Crippen molar-refractivity contribution in [2.75, 3.05) is 6.54 Å². The molecule has 0 saturated carbocycles. The van der Waals surface area contributed by atoms with Gasteiger partial charge in [-0.05, 0) is 33.2 Å². The summed E-state index contributed by atoms with van der Waals surface area (Å²) in [6.07, 6.45) is 3.64. The number of nitrogens with zero attached hydrogens (tertiary/aromatic N) is 2. The van der Waals surface area contributed by atoms with Gasteiger partial charge in [0.15, 0.2) is 0 Å². The Bertz CT molecular complexity index is 538. The van der Waals surface area contributed by atoms with E-state index >= 15 is 0 Å². The van der Waals surface area contributed by atoms with Gasteiger partial charge >= 0.3 is 0 Å². The maximum absolute atomic E-state index is 4.74. The Kier molecular flexibility index (Phi) is 3.46. The Morgan fingerprint density at radius 1 is 1.39 bits per heavy atom. The monoisotopic (exact) mass is 279 g/mol. The summed E-state index contributed by atoms with van der Waals surface area (Å²) >= 11 is 3.51. The van der Waals surface area contributed by atoms with Gasteiger partial charge in [0.25, 0.3) is 0 Å². The highest BCUT2D eigenvalue weighted by atomic mass is 32.1. The molecule has 0 bridgehead atoms. The van der Waals surface area contributed by atoms with E-state index in [0.29, 0.717) is 6.04 Å². The minimum Gasteiger partial charge on any atom is -0.314 e. The second kappa shape index (κ2) is 5.07. The van der Waals surface area contributed by atoms with Gasteiger partial charge in [0.2, 0.25) is 0 Å². The topological polar surface area (TPSA) is 37.8 Å². The van der Waals surface area contributed by atoms with Crippen LogP contribution >= 0.6 is 22.7 Å². The summed E-state index contributed by atoms with van der Waals surface area (Å²) in [5.74, 6) is 0. The van der Waals surface area contributed by atoms with E-state index in [1.165, 1.54) is 22.7 Å². The van der Waals surface area contributed by atoms with Gasteiger partial charge in [-0.1, -0.05) is 0 Å². The van der Waals surface area contributed by atoms with Crippen molar-refractivity contribution < 1.29 is 0 Å². The van der Waals surface area contributed by atoms with Crippen molar-refractivity contribution in [2.24, 2.45) is 0 Å². The molecule has 3 nitrogen and oxygen atoms in total. The molecule has 1 saturated heterocycles. The van der Waals surface area contributed by atoms with Gasteiger partial charge in [0.1, 0.15) is 11.4 Å². The lowest BCUT2D eigenvalue weighted by Crippen LogP contribution is -2.23. The molecule has 1 unspecified atom stereocenters. The molecule has 0 amide bonds. The Balaban J connectivity index is 1.78. The van der Waals surface area contributed by atoms with Crippen molar-refractivity contribution in [3.05, 3.63) is 20.3 Å². The van der Waals surface area contributed by atoms with Crippen LogP contribution in [0.1, 0.15) is 27.7 Å². The summed E-state index contributed by atoms with van der Waals surface area (Å²) in [6.45, 7) is 5.34. The van der Waals surface area contributed by atoms with Crippen LogP contribution in [0.2, 0.25) is 0 Å². The normalized spacial score (nSPS) is 19.6. The third-order valence-electron chi connectivity index (χ3n) is 3.28. The van der Waals surface area contributed by atoms with Gasteiger partial charge < -0.3 is 5.32 Å². The zero-order valence-corrected chi connectivity index (χ0v) is 12.3. The summed E-state index contributed by atoms with van der Waals surface area (Å²) in [7, 11) is 0. The van der Waals surface area contributed by atoms with Crippen molar-refractivity contribution in [3.8, 4) is 11.4 Å². The third kappa shape index (κ3) is 2.48. The van der Waals surface area contributed by atoms with Crippen LogP contribution in [0, 0.1) is 13.8 Å². The van der Waals surface area contributed by atoms with Gasteiger partial charge in [-0.3, -0.25) is 0 Å². The largest absolute Gasteiger partial charge is 0.314 e. The summed E-state index contributed by atoms with van der Waals surface area (Å²) in [5, 5.41) is 8.02. The van der Waals surface area contributed by atoms with Crippen LogP contribution in [0.3, 0.4) is 0 Å². The van der Waals surface area contributed by atoms with Crippen LogP contribution in [0.4, 0.5) is 0 Å². The second-order valence-corrected chi connectivity index (χ2v) is 7.11. The molecule has 18 heavy (non-hydrogen) atoms. The number of hydrogen-bond acceptors (Lipinski definition) is 5. The smallest absolute Gasteiger partial charge is 0.104 e. The molecule has 0 aliphatic carbocycles. The predicted octanol–water partition coefficient (Wildman–Crippen LogP) is 3.18. The molecule has 0 aromatic carbocycles. The van der Waals surface area contributed by atoms with E-state index in [9.17, 15) is 0 Å². The van der Waals surface area contributed by atoms with E-state index in [0.717, 1.165) is 29.4 Å². The highest BCUT2D eigenvalue weighted by Gasteiger charge is 2.17. The highest BCUT2D eigenvalue weighted by molar-refractivity contribution is 7.12. The van der Waals surface area contributed by atoms with Gasteiger partial charge in [-0.2, -0.15) is 0 Å². The minimum absolute atomic E-state index is 0.627.